The van der Waals surface area contributed by atoms with E-state index in [2.05, 4.69) is 15.4 Å². The van der Waals surface area contributed by atoms with Crippen molar-refractivity contribution in [3.05, 3.63) is 89.7 Å². The summed E-state index contributed by atoms with van der Waals surface area (Å²) in [4.78, 5) is 30.4. The van der Waals surface area contributed by atoms with Gasteiger partial charge >= 0.3 is 12.2 Å². The SMILES string of the molecule is O=C1N[C@H](c2cn(-c3ccccc3)nc2-c2cccs2)[C@@H](C(=O)c2cccnc2)[C@@](O)(C(F)(F)F)N1. The zero-order valence-electron chi connectivity index (χ0n) is 18.3. The van der Waals surface area contributed by atoms with E-state index in [-0.39, 0.29) is 16.8 Å². The summed E-state index contributed by atoms with van der Waals surface area (Å²) < 4.78 is 44.3. The van der Waals surface area contributed by atoms with Crippen LogP contribution < -0.4 is 10.6 Å². The number of carbonyl (C=O) groups excluding carboxylic acids is 2. The Morgan fingerprint density at radius 2 is 1.89 bits per heavy atom. The number of rotatable bonds is 5. The summed E-state index contributed by atoms with van der Waals surface area (Å²) >= 11 is 1.29. The van der Waals surface area contributed by atoms with Gasteiger partial charge in [0.2, 0.25) is 5.72 Å². The molecule has 36 heavy (non-hydrogen) atoms. The number of ketones is 1. The molecule has 1 fully saturated rings. The summed E-state index contributed by atoms with van der Waals surface area (Å²) in [6, 6.07) is 12.1. The number of para-hydroxylation sites is 1. The number of nitrogens with one attached hydrogen (secondary N) is 2. The lowest BCUT2D eigenvalue weighted by atomic mass is 9.77. The molecule has 0 unspecified atom stereocenters. The number of nitrogens with zero attached hydrogens (tertiary/aromatic N) is 3. The van der Waals surface area contributed by atoms with Gasteiger partial charge in [0.15, 0.2) is 5.78 Å². The smallest absolute Gasteiger partial charge is 0.363 e. The quantitative estimate of drug-likeness (QED) is 0.348. The van der Waals surface area contributed by atoms with E-state index < -0.39 is 35.7 Å². The zero-order valence-corrected chi connectivity index (χ0v) is 19.1. The first-order valence-corrected chi connectivity index (χ1v) is 11.6. The highest BCUT2D eigenvalue weighted by Crippen LogP contribution is 2.46. The molecule has 4 heterocycles. The molecule has 0 bridgehead atoms. The van der Waals surface area contributed by atoms with Gasteiger partial charge in [0.05, 0.1) is 16.6 Å². The molecule has 2 amide bonds. The van der Waals surface area contributed by atoms with E-state index in [1.54, 1.807) is 53.2 Å². The van der Waals surface area contributed by atoms with Gasteiger partial charge in [-0.1, -0.05) is 24.3 Å². The lowest BCUT2D eigenvalue weighted by molar-refractivity contribution is -0.287. The van der Waals surface area contributed by atoms with Crippen LogP contribution in [0.4, 0.5) is 18.0 Å². The lowest BCUT2D eigenvalue weighted by Crippen LogP contribution is -2.72. The average Bonchev–Trinajstić information content (AvgIpc) is 3.54. The Hall–Kier alpha value is -4.03. The first-order chi connectivity index (χ1) is 17.2. The van der Waals surface area contributed by atoms with Gasteiger partial charge in [-0.2, -0.15) is 18.3 Å². The molecule has 3 atom stereocenters. The van der Waals surface area contributed by atoms with Crippen LogP contribution in [0.2, 0.25) is 0 Å². The fourth-order valence-electron chi connectivity index (χ4n) is 4.22. The number of urea groups is 1. The van der Waals surface area contributed by atoms with Crippen LogP contribution in [0.3, 0.4) is 0 Å². The predicted molar refractivity (Wildman–Crippen MR) is 124 cm³/mol. The van der Waals surface area contributed by atoms with Crippen LogP contribution in [0.25, 0.3) is 16.3 Å². The zero-order chi connectivity index (χ0) is 25.5. The van der Waals surface area contributed by atoms with Gasteiger partial charge in [0.25, 0.3) is 0 Å². The highest BCUT2D eigenvalue weighted by Gasteiger charge is 2.66. The molecule has 4 aromatic rings. The van der Waals surface area contributed by atoms with Gasteiger partial charge in [-0.3, -0.25) is 9.78 Å². The van der Waals surface area contributed by atoms with Crippen molar-refractivity contribution in [3.63, 3.8) is 0 Å². The molecule has 0 radical (unpaired) electrons. The highest BCUT2D eigenvalue weighted by molar-refractivity contribution is 7.13. The van der Waals surface area contributed by atoms with E-state index >= 15 is 0 Å². The molecule has 0 saturated carbocycles. The first kappa shape index (κ1) is 23.7. The third-order valence-corrected chi connectivity index (χ3v) is 6.76. The molecule has 1 aromatic carbocycles. The Morgan fingerprint density at radius 3 is 2.53 bits per heavy atom. The molecule has 184 valence electrons. The molecule has 3 N–H and O–H groups in total. The summed E-state index contributed by atoms with van der Waals surface area (Å²) in [6.07, 6.45) is -1.44. The number of hydrogen-bond donors (Lipinski definition) is 3. The summed E-state index contributed by atoms with van der Waals surface area (Å²) in [5.41, 5.74) is -2.98. The molecular formula is C24H18F3N5O3S. The number of halogens is 3. The van der Waals surface area contributed by atoms with Crippen molar-refractivity contribution < 1.29 is 27.9 Å². The molecule has 12 heteroatoms. The van der Waals surface area contributed by atoms with Gasteiger partial charge in [-0.05, 0) is 35.7 Å². The maximum absolute atomic E-state index is 14.3. The van der Waals surface area contributed by atoms with E-state index in [9.17, 15) is 27.9 Å². The fourth-order valence-corrected chi connectivity index (χ4v) is 4.95. The minimum Gasteiger partial charge on any atom is -0.363 e. The topological polar surface area (TPSA) is 109 Å². The molecule has 0 spiro atoms. The number of benzene rings is 1. The third kappa shape index (κ3) is 4.03. The van der Waals surface area contributed by atoms with Crippen molar-refractivity contribution in [2.24, 2.45) is 5.92 Å². The maximum Gasteiger partial charge on any atom is 0.437 e. The number of alkyl halides is 3. The van der Waals surface area contributed by atoms with E-state index in [0.717, 1.165) is 6.20 Å². The summed E-state index contributed by atoms with van der Waals surface area (Å²) in [7, 11) is 0. The van der Waals surface area contributed by atoms with E-state index in [1.807, 2.05) is 0 Å². The van der Waals surface area contributed by atoms with E-state index in [1.165, 1.54) is 40.5 Å². The van der Waals surface area contributed by atoms with Crippen LogP contribution >= 0.6 is 11.3 Å². The van der Waals surface area contributed by atoms with Gasteiger partial charge in [-0.25, -0.2) is 9.48 Å². The average molecular weight is 514 g/mol. The van der Waals surface area contributed by atoms with Crippen LogP contribution in [-0.4, -0.2) is 43.6 Å². The van der Waals surface area contributed by atoms with Gasteiger partial charge in [0.1, 0.15) is 11.6 Å². The number of amides is 2. The molecule has 3 aromatic heterocycles. The first-order valence-electron chi connectivity index (χ1n) is 10.7. The number of carbonyl (C=O) groups is 2. The van der Waals surface area contributed by atoms with Gasteiger partial charge in [0, 0.05) is 29.7 Å². The molecule has 5 rings (SSSR count). The number of aromatic nitrogens is 3. The van der Waals surface area contributed by atoms with Gasteiger partial charge in [-0.15, -0.1) is 11.3 Å². The normalized spacial score (nSPS) is 22.1. The summed E-state index contributed by atoms with van der Waals surface area (Å²) in [6.45, 7) is 0. The molecule has 0 aliphatic carbocycles. The van der Waals surface area contributed by atoms with Crippen molar-refractivity contribution in [2.45, 2.75) is 17.9 Å². The minimum absolute atomic E-state index is 0.140. The van der Waals surface area contributed by atoms with Crippen molar-refractivity contribution in [2.75, 3.05) is 0 Å². The van der Waals surface area contributed by atoms with Crippen molar-refractivity contribution >= 4 is 23.2 Å². The Bertz CT molecular complexity index is 1390. The van der Waals surface area contributed by atoms with Crippen molar-refractivity contribution in [3.8, 4) is 16.3 Å². The second-order valence-corrected chi connectivity index (χ2v) is 9.06. The Balaban J connectivity index is 1.72. The van der Waals surface area contributed by atoms with Crippen molar-refractivity contribution in [1.29, 1.82) is 0 Å². The molecule has 1 aliphatic rings. The van der Waals surface area contributed by atoms with Crippen LogP contribution in [-0.2, 0) is 0 Å². The largest absolute Gasteiger partial charge is 0.437 e. The minimum atomic E-state index is -5.37. The monoisotopic (exact) mass is 513 g/mol. The second kappa shape index (κ2) is 8.88. The molecule has 1 saturated heterocycles. The molecular weight excluding hydrogens is 495 g/mol. The number of pyridine rings is 1. The molecule has 1 aliphatic heterocycles. The number of thiophene rings is 1. The maximum atomic E-state index is 14.3. The second-order valence-electron chi connectivity index (χ2n) is 8.11. The fraction of sp³-hybridized carbons (Fsp3) is 0.167. The van der Waals surface area contributed by atoms with Crippen molar-refractivity contribution in [1.82, 2.24) is 25.4 Å². The van der Waals surface area contributed by atoms with Crippen LogP contribution in [0.1, 0.15) is 22.0 Å². The van der Waals surface area contributed by atoms with E-state index in [4.69, 9.17) is 0 Å². The third-order valence-electron chi connectivity index (χ3n) is 5.89. The summed E-state index contributed by atoms with van der Waals surface area (Å²) in [5, 5.41) is 21.2. The Labute approximate surface area is 206 Å². The predicted octanol–water partition coefficient (Wildman–Crippen LogP) is 4.10. The standard InChI is InChI=1S/C24H18F3N5O3S/c25-24(26,27)23(35)18(21(33)14-6-4-10-28-12-14)20(29-22(34)30-23)16-13-32(15-7-2-1-3-8-15)31-19(16)17-9-5-11-36-17/h1-13,18,20,35H,(H2,29,30,34)/t18-,20+,23+/m0/s1. The van der Waals surface area contributed by atoms with E-state index in [0.29, 0.717) is 10.6 Å². The van der Waals surface area contributed by atoms with Gasteiger partial charge < -0.3 is 15.7 Å². The lowest BCUT2D eigenvalue weighted by Gasteiger charge is -2.44. The Morgan fingerprint density at radius 1 is 1.11 bits per heavy atom. The number of aliphatic hydroxyl groups is 1. The number of Topliss-reactive ketones (excluding diaryl/α,β-unsaturated/α-hetero) is 1. The molecule has 8 nitrogen and oxygen atoms in total. The van der Waals surface area contributed by atoms with Crippen LogP contribution in [0.15, 0.2) is 78.6 Å². The van der Waals surface area contributed by atoms with Crippen LogP contribution in [0, 0.1) is 5.92 Å². The Kier molecular flexibility index (Phi) is 5.85. The number of hydrogen-bond acceptors (Lipinski definition) is 6. The summed E-state index contributed by atoms with van der Waals surface area (Å²) in [5.74, 6) is -3.24. The van der Waals surface area contributed by atoms with Crippen LogP contribution in [0.5, 0.6) is 0 Å². The highest BCUT2D eigenvalue weighted by atomic mass is 32.1.